The molecule has 3 rings (SSSR count). The van der Waals surface area contributed by atoms with Crippen molar-refractivity contribution < 1.29 is 9.13 Å². The molecule has 0 saturated carbocycles. The summed E-state index contributed by atoms with van der Waals surface area (Å²) in [5, 5.41) is 4.29. The molecular formula is C13H10FN3O. The van der Waals surface area contributed by atoms with Crippen molar-refractivity contribution in [2.45, 2.75) is 0 Å². The average molecular weight is 243 g/mol. The van der Waals surface area contributed by atoms with Gasteiger partial charge < -0.3 is 4.74 Å². The summed E-state index contributed by atoms with van der Waals surface area (Å²) in [6.07, 6.45) is 1.77. The molecule has 5 heteroatoms. The molecule has 2 aromatic heterocycles. The zero-order chi connectivity index (χ0) is 12.5. The van der Waals surface area contributed by atoms with Crippen molar-refractivity contribution in [3.05, 3.63) is 48.4 Å². The molecule has 90 valence electrons. The third-order valence-corrected chi connectivity index (χ3v) is 2.63. The van der Waals surface area contributed by atoms with Gasteiger partial charge in [-0.05, 0) is 24.3 Å². The fourth-order valence-electron chi connectivity index (χ4n) is 1.79. The highest BCUT2D eigenvalue weighted by molar-refractivity contribution is 5.62. The summed E-state index contributed by atoms with van der Waals surface area (Å²) < 4.78 is 20.0. The molecule has 0 aliphatic rings. The van der Waals surface area contributed by atoms with Crippen LogP contribution in [0.5, 0.6) is 5.75 Å². The van der Waals surface area contributed by atoms with Gasteiger partial charge in [0.15, 0.2) is 17.2 Å². The van der Waals surface area contributed by atoms with Gasteiger partial charge in [0.25, 0.3) is 0 Å². The van der Waals surface area contributed by atoms with E-state index in [2.05, 4.69) is 10.1 Å². The highest BCUT2D eigenvalue weighted by atomic mass is 19.1. The van der Waals surface area contributed by atoms with Gasteiger partial charge in [-0.3, -0.25) is 0 Å². The topological polar surface area (TPSA) is 39.4 Å². The van der Waals surface area contributed by atoms with E-state index in [0.29, 0.717) is 22.8 Å². The molecule has 0 unspecified atom stereocenters. The second-order valence-electron chi connectivity index (χ2n) is 3.79. The molecule has 0 aliphatic heterocycles. The lowest BCUT2D eigenvalue weighted by atomic mass is 10.2. The first-order valence-corrected chi connectivity index (χ1v) is 5.43. The first kappa shape index (κ1) is 10.7. The number of ether oxygens (including phenoxy) is 1. The fourth-order valence-corrected chi connectivity index (χ4v) is 1.79. The monoisotopic (exact) mass is 243 g/mol. The minimum absolute atomic E-state index is 0.307. The van der Waals surface area contributed by atoms with Crippen LogP contribution in [-0.4, -0.2) is 21.7 Å². The molecule has 18 heavy (non-hydrogen) atoms. The number of pyridine rings is 1. The molecule has 0 bridgehead atoms. The maximum atomic E-state index is 13.2. The van der Waals surface area contributed by atoms with Crippen molar-refractivity contribution in [3.63, 3.8) is 0 Å². The highest BCUT2D eigenvalue weighted by Crippen LogP contribution is 2.22. The molecule has 4 nitrogen and oxygen atoms in total. The van der Waals surface area contributed by atoms with Crippen molar-refractivity contribution in [2.24, 2.45) is 0 Å². The van der Waals surface area contributed by atoms with Gasteiger partial charge in [-0.25, -0.2) is 13.9 Å². The maximum Gasteiger partial charge on any atom is 0.198 e. The van der Waals surface area contributed by atoms with Crippen molar-refractivity contribution in [3.8, 4) is 17.1 Å². The normalized spacial score (nSPS) is 10.8. The molecule has 2 heterocycles. The first-order chi connectivity index (χ1) is 8.78. The maximum absolute atomic E-state index is 13.2. The van der Waals surface area contributed by atoms with Gasteiger partial charge in [-0.1, -0.05) is 12.1 Å². The number of aromatic nitrogens is 3. The third kappa shape index (κ3) is 1.69. The van der Waals surface area contributed by atoms with Crippen LogP contribution in [0.1, 0.15) is 0 Å². The van der Waals surface area contributed by atoms with E-state index < -0.39 is 0 Å². The van der Waals surface area contributed by atoms with Crippen LogP contribution >= 0.6 is 0 Å². The quantitative estimate of drug-likeness (QED) is 0.694. The molecule has 0 N–H and O–H groups in total. The summed E-state index contributed by atoms with van der Waals surface area (Å²) >= 11 is 0. The number of halogens is 1. The Morgan fingerprint density at radius 1 is 1.22 bits per heavy atom. The van der Waals surface area contributed by atoms with Gasteiger partial charge in [0.05, 0.1) is 7.11 Å². The van der Waals surface area contributed by atoms with Crippen molar-refractivity contribution in [2.75, 3.05) is 7.11 Å². The van der Waals surface area contributed by atoms with Crippen molar-refractivity contribution in [1.29, 1.82) is 0 Å². The Morgan fingerprint density at radius 2 is 2.11 bits per heavy atom. The molecule has 3 aromatic rings. The molecule has 0 fully saturated rings. The van der Waals surface area contributed by atoms with Crippen LogP contribution in [0.25, 0.3) is 17.0 Å². The number of fused-ring (bicyclic) bond motifs is 1. The molecular weight excluding hydrogens is 233 g/mol. The van der Waals surface area contributed by atoms with Crippen LogP contribution in [0, 0.1) is 5.82 Å². The third-order valence-electron chi connectivity index (χ3n) is 2.63. The predicted octanol–water partition coefficient (Wildman–Crippen LogP) is 2.54. The SMILES string of the molecule is COc1cccn2nc(-c3cccc(F)c3)nc12. The number of methoxy groups -OCH3 is 1. The van der Waals surface area contributed by atoms with Gasteiger partial charge in [0, 0.05) is 11.8 Å². The average Bonchev–Trinajstić information content (AvgIpc) is 2.82. The second-order valence-corrected chi connectivity index (χ2v) is 3.79. The van der Waals surface area contributed by atoms with Crippen LogP contribution in [0.2, 0.25) is 0 Å². The van der Waals surface area contributed by atoms with Crippen LogP contribution in [0.3, 0.4) is 0 Å². The zero-order valence-electron chi connectivity index (χ0n) is 9.67. The van der Waals surface area contributed by atoms with Gasteiger partial charge >= 0.3 is 0 Å². The fraction of sp³-hybridized carbons (Fsp3) is 0.0769. The molecule has 0 saturated heterocycles. The standard InChI is InChI=1S/C13H10FN3O/c1-18-11-6-3-7-17-13(11)15-12(16-17)9-4-2-5-10(14)8-9/h2-8H,1H3. The zero-order valence-corrected chi connectivity index (χ0v) is 9.67. The van der Waals surface area contributed by atoms with Crippen LogP contribution in [0.4, 0.5) is 4.39 Å². The molecule has 0 atom stereocenters. The molecule has 0 amide bonds. The summed E-state index contributed by atoms with van der Waals surface area (Å²) in [7, 11) is 1.58. The second kappa shape index (κ2) is 4.10. The highest BCUT2D eigenvalue weighted by Gasteiger charge is 2.10. The summed E-state index contributed by atoms with van der Waals surface area (Å²) in [4.78, 5) is 4.36. The molecule has 0 radical (unpaired) electrons. The van der Waals surface area contributed by atoms with Gasteiger partial charge in [-0.2, -0.15) is 0 Å². The van der Waals surface area contributed by atoms with E-state index in [1.807, 2.05) is 6.07 Å². The number of hydrogen-bond acceptors (Lipinski definition) is 3. The lowest BCUT2D eigenvalue weighted by molar-refractivity contribution is 0.416. The van der Waals surface area contributed by atoms with Gasteiger partial charge in [0.2, 0.25) is 0 Å². The minimum atomic E-state index is -0.307. The van der Waals surface area contributed by atoms with Crippen molar-refractivity contribution in [1.82, 2.24) is 14.6 Å². The summed E-state index contributed by atoms with van der Waals surface area (Å²) in [5.74, 6) is 0.796. The molecule has 1 aromatic carbocycles. The Hall–Kier alpha value is -2.43. The van der Waals surface area contributed by atoms with Gasteiger partial charge in [0.1, 0.15) is 5.82 Å². The minimum Gasteiger partial charge on any atom is -0.493 e. The van der Waals surface area contributed by atoms with Crippen molar-refractivity contribution >= 4 is 5.65 Å². The van der Waals surface area contributed by atoms with Crippen LogP contribution in [-0.2, 0) is 0 Å². The van der Waals surface area contributed by atoms with E-state index in [4.69, 9.17) is 4.74 Å². The van der Waals surface area contributed by atoms with Gasteiger partial charge in [-0.15, -0.1) is 5.10 Å². The Labute approximate surface area is 103 Å². The van der Waals surface area contributed by atoms with E-state index in [1.54, 1.807) is 36.0 Å². The van der Waals surface area contributed by atoms with E-state index in [-0.39, 0.29) is 5.82 Å². The smallest absolute Gasteiger partial charge is 0.198 e. The molecule has 0 spiro atoms. The first-order valence-electron chi connectivity index (χ1n) is 5.43. The molecule has 0 aliphatic carbocycles. The Balaban J connectivity index is 2.19. The number of nitrogens with zero attached hydrogens (tertiary/aromatic N) is 3. The number of benzene rings is 1. The number of hydrogen-bond donors (Lipinski definition) is 0. The summed E-state index contributed by atoms with van der Waals surface area (Å²) in [5.41, 5.74) is 1.25. The van der Waals surface area contributed by atoms with E-state index in [0.717, 1.165) is 0 Å². The summed E-state index contributed by atoms with van der Waals surface area (Å²) in [6, 6.07) is 9.81. The predicted molar refractivity (Wildman–Crippen MR) is 64.9 cm³/mol. The van der Waals surface area contributed by atoms with Crippen LogP contribution in [0.15, 0.2) is 42.6 Å². The van der Waals surface area contributed by atoms with E-state index in [9.17, 15) is 4.39 Å². The Bertz CT molecular complexity index is 708. The van der Waals surface area contributed by atoms with E-state index >= 15 is 0 Å². The summed E-state index contributed by atoms with van der Waals surface area (Å²) in [6.45, 7) is 0. The largest absolute Gasteiger partial charge is 0.493 e. The van der Waals surface area contributed by atoms with E-state index in [1.165, 1.54) is 12.1 Å². The Morgan fingerprint density at radius 3 is 2.89 bits per heavy atom. The van der Waals surface area contributed by atoms with Crippen LogP contribution < -0.4 is 4.74 Å². The Kier molecular flexibility index (Phi) is 2.44. The number of rotatable bonds is 2. The lowest BCUT2D eigenvalue weighted by Crippen LogP contribution is -1.90. The lowest BCUT2D eigenvalue weighted by Gasteiger charge is -1.98.